The Bertz CT molecular complexity index is 954. The number of halogens is 1. The van der Waals surface area contributed by atoms with Gasteiger partial charge in [-0.1, -0.05) is 66.7 Å². The first-order chi connectivity index (χ1) is 15.0. The average molecular weight is 420 g/mol. The van der Waals surface area contributed by atoms with E-state index in [0.717, 1.165) is 11.1 Å². The molecule has 31 heavy (non-hydrogen) atoms. The maximum absolute atomic E-state index is 13.3. The highest BCUT2D eigenvalue weighted by molar-refractivity contribution is 5.92. The zero-order valence-corrected chi connectivity index (χ0v) is 17.5. The van der Waals surface area contributed by atoms with Crippen LogP contribution in [0, 0.1) is 5.82 Å². The van der Waals surface area contributed by atoms with E-state index in [4.69, 9.17) is 0 Å². The van der Waals surface area contributed by atoms with Gasteiger partial charge in [0, 0.05) is 18.8 Å². The van der Waals surface area contributed by atoms with E-state index in [1.807, 2.05) is 60.7 Å². The van der Waals surface area contributed by atoms with Crippen LogP contribution in [0.1, 0.15) is 11.1 Å². The Morgan fingerprint density at radius 3 is 1.94 bits per heavy atom. The average Bonchev–Trinajstić information content (AvgIpc) is 2.74. The van der Waals surface area contributed by atoms with Crippen LogP contribution in [-0.2, 0) is 22.7 Å². The zero-order valence-electron chi connectivity index (χ0n) is 17.5. The van der Waals surface area contributed by atoms with Gasteiger partial charge in [-0.05, 0) is 36.4 Å². The molecule has 0 aromatic heterocycles. The SMILES string of the molecule is CN(CC(=O)Nc1cccc(F)c1)CC(=O)N(Cc1ccccc1)Cc1ccccc1. The standard InChI is InChI=1S/C25H26FN3O2/c1-28(18-24(30)27-23-14-8-13-22(26)15-23)19-25(31)29(16-20-9-4-2-5-10-20)17-21-11-6-3-7-12-21/h2-15H,16-19H2,1H3,(H,27,30). The van der Waals surface area contributed by atoms with E-state index in [2.05, 4.69) is 5.32 Å². The minimum absolute atomic E-state index is 0.0206. The molecule has 0 saturated carbocycles. The maximum atomic E-state index is 13.3. The second-order valence-electron chi connectivity index (χ2n) is 7.45. The maximum Gasteiger partial charge on any atom is 0.238 e. The molecule has 3 aromatic rings. The van der Waals surface area contributed by atoms with Gasteiger partial charge in [0.1, 0.15) is 5.82 Å². The molecule has 0 aliphatic heterocycles. The summed E-state index contributed by atoms with van der Waals surface area (Å²) in [6.07, 6.45) is 0. The molecule has 5 nitrogen and oxygen atoms in total. The van der Waals surface area contributed by atoms with Crippen molar-refractivity contribution >= 4 is 17.5 Å². The normalized spacial score (nSPS) is 10.7. The van der Waals surface area contributed by atoms with Crippen molar-refractivity contribution in [1.82, 2.24) is 9.80 Å². The summed E-state index contributed by atoms with van der Waals surface area (Å²) in [5, 5.41) is 2.65. The summed E-state index contributed by atoms with van der Waals surface area (Å²) in [6.45, 7) is 1.08. The largest absolute Gasteiger partial charge is 0.333 e. The summed E-state index contributed by atoms with van der Waals surface area (Å²) in [7, 11) is 1.71. The Labute approximate surface area is 182 Å². The number of benzene rings is 3. The van der Waals surface area contributed by atoms with Gasteiger partial charge in [-0.3, -0.25) is 14.5 Å². The van der Waals surface area contributed by atoms with E-state index >= 15 is 0 Å². The van der Waals surface area contributed by atoms with Crippen LogP contribution >= 0.6 is 0 Å². The smallest absolute Gasteiger partial charge is 0.238 e. The van der Waals surface area contributed by atoms with Crippen molar-refractivity contribution in [2.75, 3.05) is 25.5 Å². The van der Waals surface area contributed by atoms with E-state index in [1.165, 1.54) is 18.2 Å². The highest BCUT2D eigenvalue weighted by atomic mass is 19.1. The van der Waals surface area contributed by atoms with Crippen LogP contribution in [0.5, 0.6) is 0 Å². The number of carbonyl (C=O) groups is 2. The molecule has 3 rings (SSSR count). The van der Waals surface area contributed by atoms with Gasteiger partial charge < -0.3 is 10.2 Å². The van der Waals surface area contributed by atoms with E-state index in [1.54, 1.807) is 22.9 Å². The van der Waals surface area contributed by atoms with Crippen LogP contribution < -0.4 is 5.32 Å². The van der Waals surface area contributed by atoms with Gasteiger partial charge >= 0.3 is 0 Å². The number of anilines is 1. The molecule has 6 heteroatoms. The van der Waals surface area contributed by atoms with Gasteiger partial charge in [-0.15, -0.1) is 0 Å². The summed E-state index contributed by atoms with van der Waals surface area (Å²) >= 11 is 0. The first kappa shape index (κ1) is 22.2. The zero-order chi connectivity index (χ0) is 22.1. The Morgan fingerprint density at radius 1 is 0.806 bits per heavy atom. The fraction of sp³-hybridized carbons (Fsp3) is 0.200. The van der Waals surface area contributed by atoms with Gasteiger partial charge in [0.05, 0.1) is 13.1 Å². The van der Waals surface area contributed by atoms with E-state index < -0.39 is 5.82 Å². The Kier molecular flexibility index (Phi) is 7.90. The number of hydrogen-bond acceptors (Lipinski definition) is 3. The van der Waals surface area contributed by atoms with Crippen LogP contribution in [0.4, 0.5) is 10.1 Å². The monoisotopic (exact) mass is 419 g/mol. The van der Waals surface area contributed by atoms with Crippen LogP contribution in [-0.4, -0.2) is 41.8 Å². The molecule has 0 fully saturated rings. The molecule has 1 N–H and O–H groups in total. The van der Waals surface area contributed by atoms with Crippen molar-refractivity contribution in [3.8, 4) is 0 Å². The number of likely N-dealkylation sites (N-methyl/N-ethyl adjacent to an activating group) is 1. The Balaban J connectivity index is 1.60. The molecule has 160 valence electrons. The van der Waals surface area contributed by atoms with Crippen molar-refractivity contribution in [2.24, 2.45) is 0 Å². The Morgan fingerprint density at radius 2 is 1.39 bits per heavy atom. The quantitative estimate of drug-likeness (QED) is 0.572. The summed E-state index contributed by atoms with van der Waals surface area (Å²) in [6, 6.07) is 25.3. The first-order valence-corrected chi connectivity index (χ1v) is 10.1. The number of nitrogens with zero attached hydrogens (tertiary/aromatic N) is 2. The van der Waals surface area contributed by atoms with Crippen LogP contribution in [0.3, 0.4) is 0 Å². The lowest BCUT2D eigenvalue weighted by Crippen LogP contribution is -2.41. The molecular weight excluding hydrogens is 393 g/mol. The topological polar surface area (TPSA) is 52.7 Å². The van der Waals surface area contributed by atoms with Gasteiger partial charge in [0.15, 0.2) is 0 Å². The highest BCUT2D eigenvalue weighted by Crippen LogP contribution is 2.12. The number of rotatable bonds is 9. The molecule has 0 saturated heterocycles. The number of hydrogen-bond donors (Lipinski definition) is 1. The molecule has 0 aliphatic rings. The van der Waals surface area contributed by atoms with E-state index in [9.17, 15) is 14.0 Å². The molecule has 2 amide bonds. The van der Waals surface area contributed by atoms with Crippen molar-refractivity contribution in [1.29, 1.82) is 0 Å². The molecule has 0 bridgehead atoms. The summed E-state index contributed by atoms with van der Waals surface area (Å²) in [5.41, 5.74) is 2.47. The lowest BCUT2D eigenvalue weighted by Gasteiger charge is -2.26. The fourth-order valence-corrected chi connectivity index (χ4v) is 3.24. The molecule has 0 heterocycles. The summed E-state index contributed by atoms with van der Waals surface area (Å²) in [5.74, 6) is -0.800. The third-order valence-corrected chi connectivity index (χ3v) is 4.71. The minimum Gasteiger partial charge on any atom is -0.333 e. The number of nitrogens with one attached hydrogen (secondary N) is 1. The summed E-state index contributed by atoms with van der Waals surface area (Å²) < 4.78 is 13.3. The third-order valence-electron chi connectivity index (χ3n) is 4.71. The molecule has 0 unspecified atom stereocenters. The molecular formula is C25H26FN3O2. The predicted octanol–water partition coefficient (Wildman–Crippen LogP) is 3.93. The minimum atomic E-state index is -0.418. The predicted molar refractivity (Wildman–Crippen MR) is 120 cm³/mol. The van der Waals surface area contributed by atoms with Gasteiger partial charge in [-0.2, -0.15) is 0 Å². The molecule has 0 radical (unpaired) electrons. The fourth-order valence-electron chi connectivity index (χ4n) is 3.24. The second kappa shape index (κ2) is 11.0. The van der Waals surface area contributed by atoms with Crippen molar-refractivity contribution in [3.05, 3.63) is 102 Å². The van der Waals surface area contributed by atoms with Crippen molar-refractivity contribution < 1.29 is 14.0 Å². The highest BCUT2D eigenvalue weighted by Gasteiger charge is 2.18. The Hall–Kier alpha value is -3.51. The van der Waals surface area contributed by atoms with Gasteiger partial charge in [0.25, 0.3) is 0 Å². The lowest BCUT2D eigenvalue weighted by molar-refractivity contribution is -0.133. The number of carbonyl (C=O) groups excluding carboxylic acids is 2. The van der Waals surface area contributed by atoms with Crippen molar-refractivity contribution in [3.63, 3.8) is 0 Å². The summed E-state index contributed by atoms with van der Waals surface area (Å²) in [4.78, 5) is 28.8. The van der Waals surface area contributed by atoms with E-state index in [0.29, 0.717) is 18.8 Å². The molecule has 0 aliphatic carbocycles. The third kappa shape index (κ3) is 7.35. The van der Waals surface area contributed by atoms with Crippen molar-refractivity contribution in [2.45, 2.75) is 13.1 Å². The molecule has 3 aromatic carbocycles. The van der Waals surface area contributed by atoms with Gasteiger partial charge in [-0.25, -0.2) is 4.39 Å². The van der Waals surface area contributed by atoms with E-state index in [-0.39, 0.29) is 24.9 Å². The molecule has 0 spiro atoms. The first-order valence-electron chi connectivity index (χ1n) is 10.1. The van der Waals surface area contributed by atoms with Crippen LogP contribution in [0.2, 0.25) is 0 Å². The number of amides is 2. The van der Waals surface area contributed by atoms with Gasteiger partial charge in [0.2, 0.25) is 11.8 Å². The van der Waals surface area contributed by atoms with Crippen LogP contribution in [0.25, 0.3) is 0 Å². The molecule has 0 atom stereocenters. The van der Waals surface area contributed by atoms with Crippen LogP contribution in [0.15, 0.2) is 84.9 Å². The second-order valence-corrected chi connectivity index (χ2v) is 7.45. The lowest BCUT2D eigenvalue weighted by atomic mass is 10.1.